The van der Waals surface area contributed by atoms with Gasteiger partial charge in [-0.1, -0.05) is 41.9 Å². The first-order chi connectivity index (χ1) is 13.5. The first-order valence-electron chi connectivity index (χ1n) is 9.87. The van der Waals surface area contributed by atoms with Crippen molar-refractivity contribution in [1.82, 2.24) is 14.7 Å². The van der Waals surface area contributed by atoms with Crippen LogP contribution in [0.4, 0.5) is 0 Å². The van der Waals surface area contributed by atoms with Crippen LogP contribution < -0.4 is 0 Å². The maximum atomic E-state index is 11.3. The van der Waals surface area contributed by atoms with Gasteiger partial charge >= 0.3 is 0 Å². The van der Waals surface area contributed by atoms with E-state index in [1.807, 2.05) is 35.9 Å². The van der Waals surface area contributed by atoms with Gasteiger partial charge in [0.1, 0.15) is 0 Å². The molecule has 1 aliphatic carbocycles. The molecule has 3 aromatic rings. The van der Waals surface area contributed by atoms with Gasteiger partial charge in [-0.25, -0.2) is 4.68 Å². The summed E-state index contributed by atoms with van der Waals surface area (Å²) in [7, 11) is 0. The number of fused-ring (bicyclic) bond motifs is 2. The van der Waals surface area contributed by atoms with E-state index in [1.165, 1.54) is 16.7 Å². The van der Waals surface area contributed by atoms with Crippen LogP contribution in [0, 0.1) is 13.8 Å². The Hall–Kier alpha value is -2.14. The Morgan fingerprint density at radius 3 is 2.68 bits per heavy atom. The molecule has 0 saturated carbocycles. The van der Waals surface area contributed by atoms with E-state index in [0.717, 1.165) is 48.6 Å². The van der Waals surface area contributed by atoms with Gasteiger partial charge in [0.05, 0.1) is 22.5 Å². The summed E-state index contributed by atoms with van der Waals surface area (Å²) in [5.41, 5.74) is 7.97. The smallest absolute Gasteiger partial charge is 0.0981 e. The predicted molar refractivity (Wildman–Crippen MR) is 111 cm³/mol. The van der Waals surface area contributed by atoms with Crippen molar-refractivity contribution in [3.05, 3.63) is 81.1 Å². The number of rotatable bonds is 2. The van der Waals surface area contributed by atoms with Gasteiger partial charge in [0.15, 0.2) is 0 Å². The predicted octanol–water partition coefficient (Wildman–Crippen LogP) is 4.51. The van der Waals surface area contributed by atoms with Crippen molar-refractivity contribution in [1.29, 1.82) is 0 Å². The van der Waals surface area contributed by atoms with Crippen LogP contribution in [-0.2, 0) is 19.5 Å². The molecular weight excluding hydrogens is 370 g/mol. The Morgan fingerprint density at radius 1 is 1.07 bits per heavy atom. The van der Waals surface area contributed by atoms with E-state index in [0.29, 0.717) is 5.02 Å². The van der Waals surface area contributed by atoms with Crippen molar-refractivity contribution in [3.8, 4) is 5.69 Å². The van der Waals surface area contributed by atoms with Crippen molar-refractivity contribution in [2.45, 2.75) is 51.9 Å². The highest BCUT2D eigenvalue weighted by Gasteiger charge is 2.38. The molecule has 0 radical (unpaired) electrons. The van der Waals surface area contributed by atoms with Crippen molar-refractivity contribution in [3.63, 3.8) is 0 Å². The highest BCUT2D eigenvalue weighted by Crippen LogP contribution is 2.39. The lowest BCUT2D eigenvalue weighted by Crippen LogP contribution is -2.39. The minimum Gasteiger partial charge on any atom is -0.387 e. The van der Waals surface area contributed by atoms with E-state index in [-0.39, 0.29) is 6.04 Å². The number of halogens is 1. The molecular formula is C23H24ClN3O. The van der Waals surface area contributed by atoms with Gasteiger partial charge in [-0.05, 0) is 55.5 Å². The second kappa shape index (κ2) is 6.73. The topological polar surface area (TPSA) is 41.3 Å². The largest absolute Gasteiger partial charge is 0.387 e. The summed E-state index contributed by atoms with van der Waals surface area (Å²) < 4.78 is 1.89. The third kappa shape index (κ3) is 2.71. The zero-order valence-electron chi connectivity index (χ0n) is 16.2. The Kier molecular flexibility index (Phi) is 4.31. The molecule has 0 fully saturated rings. The van der Waals surface area contributed by atoms with Gasteiger partial charge in [0.2, 0.25) is 0 Å². The molecule has 144 valence electrons. The first kappa shape index (κ1) is 17.9. The quantitative estimate of drug-likeness (QED) is 0.696. The molecule has 1 aromatic heterocycles. The number of aliphatic hydroxyl groups excluding tert-OH is 1. The lowest BCUT2D eigenvalue weighted by Gasteiger charge is -2.35. The molecule has 1 aliphatic heterocycles. The fourth-order valence-corrected chi connectivity index (χ4v) is 5.08. The van der Waals surface area contributed by atoms with Crippen LogP contribution in [0.2, 0.25) is 5.02 Å². The SMILES string of the molecule is Cc1cccc2c1CN(C1CCc3nn(-c4ccccc4Cl)c(C)c3[C@@H]1O)C2. The number of hydrogen-bond acceptors (Lipinski definition) is 3. The zero-order chi connectivity index (χ0) is 19.4. The average Bonchev–Trinajstić information content (AvgIpc) is 3.25. The highest BCUT2D eigenvalue weighted by molar-refractivity contribution is 6.32. The summed E-state index contributed by atoms with van der Waals surface area (Å²) in [4.78, 5) is 2.43. The number of para-hydroxylation sites is 1. The molecule has 0 bridgehead atoms. The standard InChI is InChI=1S/C23H24ClN3O/c1-14-6-5-7-16-12-26(13-17(14)16)21-11-10-19-22(23(21)28)15(2)27(25-19)20-9-4-3-8-18(20)24/h3-9,21,23,28H,10-13H2,1-2H3/t21?,23-/m1/s1. The maximum absolute atomic E-state index is 11.3. The van der Waals surface area contributed by atoms with Crippen LogP contribution in [-0.4, -0.2) is 25.8 Å². The highest BCUT2D eigenvalue weighted by atomic mass is 35.5. The molecule has 2 atom stereocenters. The van der Waals surface area contributed by atoms with Crippen molar-refractivity contribution >= 4 is 11.6 Å². The van der Waals surface area contributed by atoms with Crippen LogP contribution in [0.3, 0.4) is 0 Å². The molecule has 2 heterocycles. The fourth-order valence-electron chi connectivity index (χ4n) is 4.87. The number of aliphatic hydroxyl groups is 1. The van der Waals surface area contributed by atoms with Crippen LogP contribution >= 0.6 is 11.6 Å². The minimum atomic E-state index is -0.533. The monoisotopic (exact) mass is 393 g/mol. The number of nitrogens with zero attached hydrogens (tertiary/aromatic N) is 3. The zero-order valence-corrected chi connectivity index (χ0v) is 16.9. The molecule has 0 amide bonds. The van der Waals surface area contributed by atoms with Gasteiger partial charge < -0.3 is 5.11 Å². The van der Waals surface area contributed by atoms with Crippen LogP contribution in [0.1, 0.15) is 46.2 Å². The van der Waals surface area contributed by atoms with E-state index in [2.05, 4.69) is 30.0 Å². The second-order valence-electron chi connectivity index (χ2n) is 7.98. The second-order valence-corrected chi connectivity index (χ2v) is 8.38. The Bertz CT molecular complexity index is 1060. The van der Waals surface area contributed by atoms with Crippen LogP contribution in [0.15, 0.2) is 42.5 Å². The van der Waals surface area contributed by atoms with Crippen molar-refractivity contribution in [2.24, 2.45) is 0 Å². The number of aryl methyl sites for hydroxylation is 2. The van der Waals surface area contributed by atoms with Crippen molar-refractivity contribution < 1.29 is 5.11 Å². The third-order valence-electron chi connectivity index (χ3n) is 6.37. The van der Waals surface area contributed by atoms with E-state index >= 15 is 0 Å². The molecule has 5 rings (SSSR count). The number of aromatic nitrogens is 2. The molecule has 2 aliphatic rings. The molecule has 1 unspecified atom stereocenters. The molecule has 0 saturated heterocycles. The molecule has 28 heavy (non-hydrogen) atoms. The van der Waals surface area contributed by atoms with E-state index in [4.69, 9.17) is 16.7 Å². The fraction of sp³-hybridized carbons (Fsp3) is 0.348. The summed E-state index contributed by atoms with van der Waals surface area (Å²) in [6.45, 7) is 6.03. The van der Waals surface area contributed by atoms with Crippen LogP contribution in [0.25, 0.3) is 5.69 Å². The first-order valence-corrected chi connectivity index (χ1v) is 10.2. The van der Waals surface area contributed by atoms with Gasteiger partial charge in [-0.2, -0.15) is 5.10 Å². The normalized spacial score (nSPS) is 21.6. The Balaban J connectivity index is 1.48. The van der Waals surface area contributed by atoms with Gasteiger partial charge in [-0.15, -0.1) is 0 Å². The molecule has 0 spiro atoms. The van der Waals surface area contributed by atoms with Crippen molar-refractivity contribution in [2.75, 3.05) is 0 Å². The lowest BCUT2D eigenvalue weighted by molar-refractivity contribution is 0.0332. The average molecular weight is 394 g/mol. The van der Waals surface area contributed by atoms with Crippen LogP contribution in [0.5, 0.6) is 0 Å². The lowest BCUT2D eigenvalue weighted by atomic mass is 9.88. The number of hydrogen-bond donors (Lipinski definition) is 1. The molecule has 2 aromatic carbocycles. The summed E-state index contributed by atoms with van der Waals surface area (Å²) in [5.74, 6) is 0. The summed E-state index contributed by atoms with van der Waals surface area (Å²) in [6.07, 6.45) is 1.26. The Labute approximate surface area is 170 Å². The van der Waals surface area contributed by atoms with E-state index in [9.17, 15) is 5.11 Å². The number of benzene rings is 2. The maximum Gasteiger partial charge on any atom is 0.0981 e. The minimum absolute atomic E-state index is 0.113. The molecule has 5 heteroatoms. The molecule has 4 nitrogen and oxygen atoms in total. The summed E-state index contributed by atoms with van der Waals surface area (Å²) in [5, 5.41) is 16.8. The molecule has 1 N–H and O–H groups in total. The summed E-state index contributed by atoms with van der Waals surface area (Å²) in [6, 6.07) is 14.4. The third-order valence-corrected chi connectivity index (χ3v) is 6.69. The van der Waals surface area contributed by atoms with E-state index < -0.39 is 6.10 Å². The van der Waals surface area contributed by atoms with Gasteiger partial charge in [0, 0.05) is 30.4 Å². The summed E-state index contributed by atoms with van der Waals surface area (Å²) >= 11 is 6.40. The Morgan fingerprint density at radius 2 is 1.89 bits per heavy atom. The van der Waals surface area contributed by atoms with Gasteiger partial charge in [-0.3, -0.25) is 4.90 Å². The van der Waals surface area contributed by atoms with Gasteiger partial charge in [0.25, 0.3) is 0 Å². The van der Waals surface area contributed by atoms with E-state index in [1.54, 1.807) is 0 Å².